The molecule has 124 valence electrons. The van der Waals surface area contributed by atoms with Gasteiger partial charge in [0.05, 0.1) is 23.7 Å². The molecule has 0 spiro atoms. The maximum absolute atomic E-state index is 12.4. The molecule has 2 aromatic carbocycles. The minimum atomic E-state index is -0.417. The number of anilines is 2. The van der Waals surface area contributed by atoms with Gasteiger partial charge in [-0.05, 0) is 24.3 Å². The zero-order valence-corrected chi connectivity index (χ0v) is 13.9. The molecule has 0 saturated carbocycles. The SMILES string of the molecule is COc1cccc(N2C[C@H](C(=O)Nc3ccccc3Cl)CC2=O)c1. The fourth-order valence-corrected chi connectivity index (χ4v) is 2.89. The third-order valence-corrected chi connectivity index (χ3v) is 4.32. The van der Waals surface area contributed by atoms with Gasteiger partial charge in [-0.3, -0.25) is 9.59 Å². The second kappa shape index (κ2) is 6.93. The highest BCUT2D eigenvalue weighted by Gasteiger charge is 2.35. The highest BCUT2D eigenvalue weighted by Crippen LogP contribution is 2.29. The maximum atomic E-state index is 12.4. The minimum Gasteiger partial charge on any atom is -0.497 e. The molecular weight excluding hydrogens is 328 g/mol. The molecule has 1 heterocycles. The molecule has 0 bridgehead atoms. The van der Waals surface area contributed by atoms with Crippen molar-refractivity contribution in [3.63, 3.8) is 0 Å². The van der Waals surface area contributed by atoms with Crippen LogP contribution in [0.3, 0.4) is 0 Å². The van der Waals surface area contributed by atoms with E-state index in [-0.39, 0.29) is 18.2 Å². The number of carbonyl (C=O) groups excluding carboxylic acids is 2. The standard InChI is InChI=1S/C18H17ClN2O3/c1-24-14-6-4-5-13(10-14)21-11-12(9-17(21)22)18(23)20-16-8-3-2-7-15(16)19/h2-8,10,12H,9,11H2,1H3,(H,20,23)/t12-/m1/s1. The summed E-state index contributed by atoms with van der Waals surface area (Å²) in [6.45, 7) is 0.336. The molecule has 1 saturated heterocycles. The van der Waals surface area contributed by atoms with Crippen LogP contribution in [0.1, 0.15) is 6.42 Å². The van der Waals surface area contributed by atoms with Crippen LogP contribution >= 0.6 is 11.6 Å². The second-order valence-corrected chi connectivity index (χ2v) is 5.98. The summed E-state index contributed by atoms with van der Waals surface area (Å²) in [5.41, 5.74) is 1.28. The van der Waals surface area contributed by atoms with Crippen molar-refractivity contribution in [2.75, 3.05) is 23.9 Å². The van der Waals surface area contributed by atoms with Crippen LogP contribution in [0.25, 0.3) is 0 Å². The van der Waals surface area contributed by atoms with Crippen molar-refractivity contribution < 1.29 is 14.3 Å². The van der Waals surface area contributed by atoms with E-state index in [0.29, 0.717) is 23.0 Å². The van der Waals surface area contributed by atoms with E-state index in [1.165, 1.54) is 0 Å². The number of rotatable bonds is 4. The lowest BCUT2D eigenvalue weighted by atomic mass is 10.1. The van der Waals surface area contributed by atoms with E-state index >= 15 is 0 Å². The van der Waals surface area contributed by atoms with Gasteiger partial charge in [-0.15, -0.1) is 0 Å². The van der Waals surface area contributed by atoms with E-state index in [0.717, 1.165) is 5.69 Å². The van der Waals surface area contributed by atoms with Crippen LogP contribution in [0.15, 0.2) is 48.5 Å². The summed E-state index contributed by atoms with van der Waals surface area (Å²) in [4.78, 5) is 26.3. The quantitative estimate of drug-likeness (QED) is 0.925. The number of methoxy groups -OCH3 is 1. The zero-order valence-electron chi connectivity index (χ0n) is 13.2. The first kappa shape index (κ1) is 16.3. The highest BCUT2D eigenvalue weighted by atomic mass is 35.5. The van der Waals surface area contributed by atoms with Crippen LogP contribution in [-0.4, -0.2) is 25.5 Å². The molecule has 6 heteroatoms. The Morgan fingerprint density at radius 2 is 2.04 bits per heavy atom. The van der Waals surface area contributed by atoms with E-state index < -0.39 is 5.92 Å². The Hall–Kier alpha value is -2.53. The molecule has 2 amide bonds. The first-order valence-corrected chi connectivity index (χ1v) is 7.96. The average molecular weight is 345 g/mol. The molecular formula is C18H17ClN2O3. The average Bonchev–Trinajstić information content (AvgIpc) is 2.99. The predicted molar refractivity (Wildman–Crippen MR) is 93.5 cm³/mol. The smallest absolute Gasteiger partial charge is 0.229 e. The Kier molecular flexibility index (Phi) is 4.71. The van der Waals surface area contributed by atoms with E-state index in [9.17, 15) is 9.59 Å². The van der Waals surface area contributed by atoms with E-state index in [2.05, 4.69) is 5.32 Å². The molecule has 1 aliphatic heterocycles. The number of para-hydroxylation sites is 1. The Morgan fingerprint density at radius 1 is 1.25 bits per heavy atom. The summed E-state index contributed by atoms with van der Waals surface area (Å²) in [5, 5.41) is 3.26. The van der Waals surface area contributed by atoms with Crippen LogP contribution in [0, 0.1) is 5.92 Å². The van der Waals surface area contributed by atoms with Crippen LogP contribution in [0.4, 0.5) is 11.4 Å². The lowest BCUT2D eigenvalue weighted by molar-refractivity contribution is -0.122. The lowest BCUT2D eigenvalue weighted by Crippen LogP contribution is -2.28. The highest BCUT2D eigenvalue weighted by molar-refractivity contribution is 6.33. The largest absolute Gasteiger partial charge is 0.497 e. The van der Waals surface area contributed by atoms with Gasteiger partial charge in [0.15, 0.2) is 0 Å². The first-order chi connectivity index (χ1) is 11.6. The van der Waals surface area contributed by atoms with Gasteiger partial charge in [0.1, 0.15) is 5.75 Å². The van der Waals surface area contributed by atoms with Crippen molar-refractivity contribution >= 4 is 34.8 Å². The van der Waals surface area contributed by atoms with Gasteiger partial charge >= 0.3 is 0 Å². The number of hydrogen-bond acceptors (Lipinski definition) is 3. The second-order valence-electron chi connectivity index (χ2n) is 5.58. The number of benzene rings is 2. The number of halogens is 1. The third kappa shape index (κ3) is 3.36. The maximum Gasteiger partial charge on any atom is 0.229 e. The van der Waals surface area contributed by atoms with Crippen LogP contribution < -0.4 is 15.0 Å². The molecule has 2 aromatic rings. The fraction of sp³-hybridized carbons (Fsp3) is 0.222. The molecule has 1 fully saturated rings. The molecule has 0 unspecified atom stereocenters. The Bertz CT molecular complexity index is 778. The van der Waals surface area contributed by atoms with Crippen molar-refractivity contribution in [3.05, 3.63) is 53.6 Å². The van der Waals surface area contributed by atoms with Crippen molar-refractivity contribution in [3.8, 4) is 5.75 Å². The predicted octanol–water partition coefficient (Wildman–Crippen LogP) is 3.34. The number of nitrogens with zero attached hydrogens (tertiary/aromatic N) is 1. The monoisotopic (exact) mass is 344 g/mol. The van der Waals surface area contributed by atoms with Gasteiger partial charge in [0, 0.05) is 24.7 Å². The summed E-state index contributed by atoms with van der Waals surface area (Å²) >= 11 is 6.06. The lowest BCUT2D eigenvalue weighted by Gasteiger charge is -2.17. The Balaban J connectivity index is 1.72. The van der Waals surface area contributed by atoms with E-state index in [1.807, 2.05) is 18.2 Å². The summed E-state index contributed by atoms with van der Waals surface area (Å²) < 4.78 is 5.18. The van der Waals surface area contributed by atoms with E-state index in [1.54, 1.807) is 42.3 Å². The van der Waals surface area contributed by atoms with Crippen LogP contribution in [0.2, 0.25) is 5.02 Å². The molecule has 1 atom stereocenters. The van der Waals surface area contributed by atoms with Gasteiger partial charge < -0.3 is 15.0 Å². The molecule has 0 radical (unpaired) electrons. The number of ether oxygens (including phenoxy) is 1. The van der Waals surface area contributed by atoms with Crippen LogP contribution in [-0.2, 0) is 9.59 Å². The number of carbonyl (C=O) groups is 2. The molecule has 1 N–H and O–H groups in total. The van der Waals surface area contributed by atoms with Crippen molar-refractivity contribution in [1.82, 2.24) is 0 Å². The van der Waals surface area contributed by atoms with Gasteiger partial charge in [-0.2, -0.15) is 0 Å². The molecule has 0 aromatic heterocycles. The zero-order chi connectivity index (χ0) is 17.1. The minimum absolute atomic E-state index is 0.0810. The van der Waals surface area contributed by atoms with Crippen LogP contribution in [0.5, 0.6) is 5.75 Å². The molecule has 1 aliphatic rings. The Morgan fingerprint density at radius 3 is 2.79 bits per heavy atom. The first-order valence-electron chi connectivity index (χ1n) is 7.58. The summed E-state index contributed by atoms with van der Waals surface area (Å²) in [7, 11) is 1.57. The Labute approximate surface area is 145 Å². The van der Waals surface area contributed by atoms with Crippen molar-refractivity contribution in [2.24, 2.45) is 5.92 Å². The van der Waals surface area contributed by atoms with Crippen molar-refractivity contribution in [2.45, 2.75) is 6.42 Å². The third-order valence-electron chi connectivity index (χ3n) is 3.99. The topological polar surface area (TPSA) is 58.6 Å². The van der Waals surface area contributed by atoms with Gasteiger partial charge in [0.2, 0.25) is 11.8 Å². The molecule has 24 heavy (non-hydrogen) atoms. The molecule has 3 rings (SSSR count). The summed E-state index contributed by atoms with van der Waals surface area (Å²) in [6, 6.07) is 14.3. The summed E-state index contributed by atoms with van der Waals surface area (Å²) in [5.74, 6) is -0.0337. The number of hydrogen-bond donors (Lipinski definition) is 1. The molecule has 5 nitrogen and oxygen atoms in total. The number of amides is 2. The summed E-state index contributed by atoms with van der Waals surface area (Å²) in [6.07, 6.45) is 0.174. The normalized spacial score (nSPS) is 17.0. The van der Waals surface area contributed by atoms with Crippen molar-refractivity contribution in [1.29, 1.82) is 0 Å². The van der Waals surface area contributed by atoms with Gasteiger partial charge in [-0.25, -0.2) is 0 Å². The van der Waals surface area contributed by atoms with E-state index in [4.69, 9.17) is 16.3 Å². The van der Waals surface area contributed by atoms with Gasteiger partial charge in [-0.1, -0.05) is 29.8 Å². The molecule has 0 aliphatic carbocycles. The number of nitrogens with one attached hydrogen (secondary N) is 1. The fourth-order valence-electron chi connectivity index (χ4n) is 2.71. The van der Waals surface area contributed by atoms with Gasteiger partial charge in [0.25, 0.3) is 0 Å².